The lowest BCUT2D eigenvalue weighted by Gasteiger charge is -2.25. The van der Waals surface area contributed by atoms with Crippen LogP contribution in [0.5, 0.6) is 0 Å². The first-order chi connectivity index (χ1) is 9.23. The van der Waals surface area contributed by atoms with E-state index in [1.165, 1.54) is 0 Å². The van der Waals surface area contributed by atoms with Crippen molar-refractivity contribution in [3.63, 3.8) is 0 Å². The minimum absolute atomic E-state index is 0.270. The standard InChI is InChI=1S/C14H28N2O4/c1-10(2)5-7-16(8-6-11(3)4)14(20)15-9-12(17)13(18)19/h10-12,17H,5-9H2,1-4H3,(H,15,20)(H,18,19). The fraction of sp³-hybridized carbons (Fsp3) is 0.857. The molecule has 20 heavy (non-hydrogen) atoms. The maximum Gasteiger partial charge on any atom is 0.334 e. The molecule has 0 bridgehead atoms. The number of rotatable bonds is 9. The molecule has 0 aromatic rings. The number of amides is 2. The number of urea groups is 1. The van der Waals surface area contributed by atoms with Crippen molar-refractivity contribution in [2.24, 2.45) is 11.8 Å². The molecule has 6 heteroatoms. The van der Waals surface area contributed by atoms with Crippen LogP contribution < -0.4 is 5.32 Å². The average Bonchev–Trinajstić information content (AvgIpc) is 2.34. The highest BCUT2D eigenvalue weighted by atomic mass is 16.4. The molecule has 0 radical (unpaired) electrons. The molecule has 0 aromatic heterocycles. The zero-order valence-corrected chi connectivity index (χ0v) is 12.9. The van der Waals surface area contributed by atoms with E-state index in [1.807, 2.05) is 0 Å². The zero-order chi connectivity index (χ0) is 15.7. The number of carbonyl (C=O) groups is 2. The number of hydrogen-bond acceptors (Lipinski definition) is 3. The first kappa shape index (κ1) is 18.7. The maximum atomic E-state index is 12.0. The highest BCUT2D eigenvalue weighted by molar-refractivity contribution is 5.76. The van der Waals surface area contributed by atoms with E-state index in [-0.39, 0.29) is 12.6 Å². The molecule has 2 amide bonds. The summed E-state index contributed by atoms with van der Waals surface area (Å²) < 4.78 is 0. The molecule has 0 spiro atoms. The van der Waals surface area contributed by atoms with Crippen LogP contribution in [0.15, 0.2) is 0 Å². The van der Waals surface area contributed by atoms with Gasteiger partial charge in [0.25, 0.3) is 0 Å². The Morgan fingerprint density at radius 1 is 1.05 bits per heavy atom. The van der Waals surface area contributed by atoms with E-state index in [2.05, 4.69) is 33.0 Å². The quantitative estimate of drug-likeness (QED) is 0.600. The van der Waals surface area contributed by atoms with Crippen LogP contribution in [0.1, 0.15) is 40.5 Å². The Balaban J connectivity index is 4.34. The largest absolute Gasteiger partial charge is 0.479 e. The van der Waals surface area contributed by atoms with Gasteiger partial charge < -0.3 is 20.4 Å². The van der Waals surface area contributed by atoms with Crippen LogP contribution in [0.3, 0.4) is 0 Å². The van der Waals surface area contributed by atoms with Crippen molar-refractivity contribution in [2.75, 3.05) is 19.6 Å². The molecule has 0 aromatic carbocycles. The number of carboxylic acids is 1. The summed E-state index contributed by atoms with van der Waals surface area (Å²) in [5.74, 6) is -0.343. The summed E-state index contributed by atoms with van der Waals surface area (Å²) in [6.45, 7) is 9.37. The number of hydrogen-bond donors (Lipinski definition) is 3. The third kappa shape index (κ3) is 8.74. The monoisotopic (exact) mass is 288 g/mol. The van der Waals surface area contributed by atoms with Gasteiger partial charge >= 0.3 is 12.0 Å². The predicted octanol–water partition coefficient (Wildman–Crippen LogP) is 1.54. The van der Waals surface area contributed by atoms with Crippen molar-refractivity contribution in [1.29, 1.82) is 0 Å². The Bertz CT molecular complexity index is 294. The van der Waals surface area contributed by atoms with Gasteiger partial charge in [-0.2, -0.15) is 0 Å². The van der Waals surface area contributed by atoms with Gasteiger partial charge in [0.1, 0.15) is 0 Å². The van der Waals surface area contributed by atoms with Gasteiger partial charge in [-0.05, 0) is 24.7 Å². The predicted molar refractivity (Wildman–Crippen MR) is 77.5 cm³/mol. The number of carbonyl (C=O) groups excluding carboxylic acids is 1. The fourth-order valence-corrected chi connectivity index (χ4v) is 1.53. The first-order valence-corrected chi connectivity index (χ1v) is 7.17. The van der Waals surface area contributed by atoms with Crippen LogP contribution in [-0.2, 0) is 4.79 Å². The fourth-order valence-electron chi connectivity index (χ4n) is 1.53. The number of nitrogens with zero attached hydrogens (tertiary/aromatic N) is 1. The molecular formula is C14H28N2O4. The molecular weight excluding hydrogens is 260 g/mol. The third-order valence-corrected chi connectivity index (χ3v) is 2.97. The normalized spacial score (nSPS) is 12.6. The second kappa shape index (κ2) is 9.58. The summed E-state index contributed by atoms with van der Waals surface area (Å²) in [5.41, 5.74) is 0. The first-order valence-electron chi connectivity index (χ1n) is 7.17. The van der Waals surface area contributed by atoms with Crippen molar-refractivity contribution in [3.8, 4) is 0 Å². The van der Waals surface area contributed by atoms with Gasteiger partial charge in [-0.1, -0.05) is 27.7 Å². The van der Waals surface area contributed by atoms with Gasteiger partial charge in [-0.3, -0.25) is 0 Å². The minimum atomic E-state index is -1.56. The van der Waals surface area contributed by atoms with Gasteiger partial charge in [0.2, 0.25) is 0 Å². The zero-order valence-electron chi connectivity index (χ0n) is 12.9. The molecule has 1 unspecified atom stereocenters. The molecule has 1 atom stereocenters. The molecule has 3 N–H and O–H groups in total. The topological polar surface area (TPSA) is 89.9 Å². The Morgan fingerprint density at radius 2 is 1.50 bits per heavy atom. The number of aliphatic carboxylic acids is 1. The number of aliphatic hydroxyl groups is 1. The van der Waals surface area contributed by atoms with E-state index in [0.717, 1.165) is 12.8 Å². The van der Waals surface area contributed by atoms with Crippen LogP contribution in [0.2, 0.25) is 0 Å². The van der Waals surface area contributed by atoms with E-state index in [0.29, 0.717) is 24.9 Å². The molecule has 0 fully saturated rings. The Morgan fingerprint density at radius 3 is 1.85 bits per heavy atom. The van der Waals surface area contributed by atoms with Gasteiger partial charge in [0.15, 0.2) is 6.10 Å². The van der Waals surface area contributed by atoms with Crippen LogP contribution in [0.25, 0.3) is 0 Å². The summed E-state index contributed by atoms with van der Waals surface area (Å²) >= 11 is 0. The lowest BCUT2D eigenvalue weighted by Crippen LogP contribution is -2.45. The van der Waals surface area contributed by atoms with Crippen LogP contribution >= 0.6 is 0 Å². The van der Waals surface area contributed by atoms with E-state index in [1.54, 1.807) is 4.90 Å². The molecule has 0 saturated heterocycles. The van der Waals surface area contributed by atoms with E-state index in [9.17, 15) is 9.59 Å². The van der Waals surface area contributed by atoms with Crippen molar-refractivity contribution in [2.45, 2.75) is 46.6 Å². The maximum absolute atomic E-state index is 12.0. The molecule has 0 heterocycles. The van der Waals surface area contributed by atoms with E-state index >= 15 is 0 Å². The van der Waals surface area contributed by atoms with E-state index < -0.39 is 12.1 Å². The highest BCUT2D eigenvalue weighted by Gasteiger charge is 2.18. The van der Waals surface area contributed by atoms with Crippen molar-refractivity contribution < 1.29 is 19.8 Å². The molecule has 0 saturated carbocycles. The second-order valence-electron chi connectivity index (χ2n) is 5.89. The van der Waals surface area contributed by atoms with Crippen LogP contribution in [0, 0.1) is 11.8 Å². The third-order valence-electron chi connectivity index (χ3n) is 2.97. The van der Waals surface area contributed by atoms with Gasteiger partial charge in [-0.15, -0.1) is 0 Å². The summed E-state index contributed by atoms with van der Waals surface area (Å²) in [5, 5.41) is 20.2. The Hall–Kier alpha value is -1.30. The Kier molecular flexibility index (Phi) is 8.96. The molecule has 6 nitrogen and oxygen atoms in total. The van der Waals surface area contributed by atoms with Crippen molar-refractivity contribution in [3.05, 3.63) is 0 Å². The minimum Gasteiger partial charge on any atom is -0.479 e. The lowest BCUT2D eigenvalue weighted by molar-refractivity contribution is -0.146. The highest BCUT2D eigenvalue weighted by Crippen LogP contribution is 2.06. The molecule has 0 aliphatic carbocycles. The summed E-state index contributed by atoms with van der Waals surface area (Å²) in [6.07, 6.45) is 0.232. The molecule has 0 aliphatic rings. The Labute approximate surface area is 121 Å². The van der Waals surface area contributed by atoms with Gasteiger partial charge in [-0.25, -0.2) is 9.59 Å². The number of nitrogens with one attached hydrogen (secondary N) is 1. The van der Waals surface area contributed by atoms with E-state index in [4.69, 9.17) is 10.2 Å². The van der Waals surface area contributed by atoms with Crippen LogP contribution in [-0.4, -0.2) is 52.9 Å². The number of carboxylic acid groups (broad SMARTS) is 1. The molecule has 0 rings (SSSR count). The molecule has 0 aliphatic heterocycles. The smallest absolute Gasteiger partial charge is 0.334 e. The number of aliphatic hydroxyl groups excluding tert-OH is 1. The summed E-state index contributed by atoms with van der Waals surface area (Å²) in [4.78, 5) is 24.2. The second-order valence-corrected chi connectivity index (χ2v) is 5.89. The van der Waals surface area contributed by atoms with Gasteiger partial charge in [0, 0.05) is 13.1 Å². The summed E-state index contributed by atoms with van der Waals surface area (Å²) in [6, 6.07) is -0.313. The SMILES string of the molecule is CC(C)CCN(CCC(C)C)C(=O)NCC(O)C(=O)O. The average molecular weight is 288 g/mol. The lowest BCUT2D eigenvalue weighted by atomic mass is 10.1. The van der Waals surface area contributed by atoms with Crippen molar-refractivity contribution >= 4 is 12.0 Å². The van der Waals surface area contributed by atoms with Crippen LogP contribution in [0.4, 0.5) is 4.79 Å². The summed E-state index contributed by atoms with van der Waals surface area (Å²) in [7, 11) is 0. The van der Waals surface area contributed by atoms with Crippen molar-refractivity contribution in [1.82, 2.24) is 10.2 Å². The molecule has 118 valence electrons. The van der Waals surface area contributed by atoms with Gasteiger partial charge in [0.05, 0.1) is 6.54 Å².